The van der Waals surface area contributed by atoms with Gasteiger partial charge in [0.15, 0.2) is 5.88 Å². The number of imidazole rings is 1. The van der Waals surface area contributed by atoms with Crippen LogP contribution >= 0.6 is 0 Å². The Morgan fingerprint density at radius 2 is 1.91 bits per heavy atom. The van der Waals surface area contributed by atoms with Gasteiger partial charge in [-0.3, -0.25) is 14.0 Å². The second-order valence-electron chi connectivity index (χ2n) is 13.0. The summed E-state index contributed by atoms with van der Waals surface area (Å²) in [4.78, 5) is 38.8. The molecule has 7 heterocycles. The molecule has 238 valence electrons. The van der Waals surface area contributed by atoms with Crippen molar-refractivity contribution in [2.45, 2.75) is 102 Å². The Morgan fingerprint density at radius 1 is 1.07 bits per heavy atom. The van der Waals surface area contributed by atoms with Gasteiger partial charge in [0, 0.05) is 48.8 Å². The summed E-state index contributed by atoms with van der Waals surface area (Å²) in [6.45, 7) is 4.78. The van der Waals surface area contributed by atoms with Crippen LogP contribution < -0.4 is 15.8 Å². The van der Waals surface area contributed by atoms with Crippen LogP contribution in [0.4, 0.5) is 0 Å². The summed E-state index contributed by atoms with van der Waals surface area (Å²) >= 11 is 0. The lowest BCUT2D eigenvalue weighted by Gasteiger charge is -2.23. The van der Waals surface area contributed by atoms with Gasteiger partial charge in [0.05, 0.1) is 42.8 Å². The molecule has 3 N–H and O–H groups in total. The fourth-order valence-electron chi connectivity index (χ4n) is 7.80. The molecule has 11 heteroatoms. The third kappa shape index (κ3) is 5.15. The standard InChI is InChI=1S/C34H43N7O4/c1-19-26-11-9-21-14-28(39(33(21)37-26)13-7-5-6-8-24(44-3)18-30(42)36-19)32-20(2)40-29(38-32)15-22(16-31(40)45-4)34(43)41-23-10-12-27(41)25(35)17-23/h9,11,14-16,19,23-25,27H,5-8,10,12-13,17-18,35H2,1-4H3,(H,36,42)/t19-,23+,24-,25-,27-/m1/s1. The zero-order chi connectivity index (χ0) is 31.4. The highest BCUT2D eigenvalue weighted by Gasteiger charge is 2.47. The van der Waals surface area contributed by atoms with Gasteiger partial charge in [-0.2, -0.15) is 0 Å². The number of nitrogens with one attached hydrogen (secondary N) is 1. The van der Waals surface area contributed by atoms with Crippen LogP contribution in [0.2, 0.25) is 0 Å². The number of carbonyl (C=O) groups excluding carboxylic acids is 2. The number of ether oxygens (including phenoxy) is 2. The first kappa shape index (κ1) is 29.7. The molecule has 2 fully saturated rings. The topological polar surface area (TPSA) is 129 Å². The van der Waals surface area contributed by atoms with Crippen molar-refractivity contribution in [1.82, 2.24) is 29.2 Å². The molecule has 4 bridgehead atoms. The Kier molecular flexibility index (Phi) is 7.77. The Morgan fingerprint density at radius 3 is 2.64 bits per heavy atom. The molecule has 45 heavy (non-hydrogen) atoms. The number of carbonyl (C=O) groups is 2. The predicted molar refractivity (Wildman–Crippen MR) is 171 cm³/mol. The molecule has 0 aliphatic carbocycles. The number of rotatable bonds is 4. The second kappa shape index (κ2) is 11.8. The third-order valence-electron chi connectivity index (χ3n) is 10.2. The fourth-order valence-corrected chi connectivity index (χ4v) is 7.80. The van der Waals surface area contributed by atoms with Crippen LogP contribution in [-0.4, -0.2) is 74.1 Å². The van der Waals surface area contributed by atoms with Crippen LogP contribution in [0, 0.1) is 6.92 Å². The molecule has 3 aliphatic rings. The maximum absolute atomic E-state index is 13.8. The van der Waals surface area contributed by atoms with Crippen molar-refractivity contribution in [2.75, 3.05) is 14.2 Å². The molecule has 11 nitrogen and oxygen atoms in total. The van der Waals surface area contributed by atoms with Gasteiger partial charge in [-0.05, 0) is 70.2 Å². The first-order valence-electron chi connectivity index (χ1n) is 16.3. The monoisotopic (exact) mass is 613 g/mol. The van der Waals surface area contributed by atoms with E-state index in [1.54, 1.807) is 14.2 Å². The van der Waals surface area contributed by atoms with Crippen molar-refractivity contribution in [1.29, 1.82) is 0 Å². The van der Waals surface area contributed by atoms with Gasteiger partial charge < -0.3 is 30.0 Å². The van der Waals surface area contributed by atoms with Gasteiger partial charge in [0.1, 0.15) is 17.0 Å². The van der Waals surface area contributed by atoms with E-state index in [-0.39, 0.29) is 42.1 Å². The number of aryl methyl sites for hydroxylation is 2. The molecule has 4 aromatic rings. The molecule has 0 aromatic carbocycles. The van der Waals surface area contributed by atoms with Crippen molar-refractivity contribution in [3.8, 4) is 17.3 Å². The van der Waals surface area contributed by atoms with Crippen molar-refractivity contribution >= 4 is 28.5 Å². The van der Waals surface area contributed by atoms with Crippen LogP contribution in [0.25, 0.3) is 28.1 Å². The Bertz CT molecular complexity index is 1780. The average Bonchev–Trinajstić information content (AvgIpc) is 3.78. The van der Waals surface area contributed by atoms with Crippen molar-refractivity contribution < 1.29 is 19.1 Å². The van der Waals surface area contributed by atoms with Crippen LogP contribution in [0.3, 0.4) is 0 Å². The number of hydrogen-bond donors (Lipinski definition) is 2. The van der Waals surface area contributed by atoms with Gasteiger partial charge in [0.25, 0.3) is 5.91 Å². The summed E-state index contributed by atoms with van der Waals surface area (Å²) in [6.07, 6.45) is 6.85. The molecule has 0 spiro atoms. The maximum atomic E-state index is 13.8. The fraction of sp³-hybridized carbons (Fsp3) is 0.529. The van der Waals surface area contributed by atoms with E-state index in [4.69, 9.17) is 25.2 Å². The quantitative estimate of drug-likeness (QED) is 0.346. The van der Waals surface area contributed by atoms with E-state index in [2.05, 4.69) is 22.0 Å². The molecule has 5 atom stereocenters. The van der Waals surface area contributed by atoms with E-state index in [9.17, 15) is 9.59 Å². The Hall–Kier alpha value is -3.96. The van der Waals surface area contributed by atoms with E-state index in [0.29, 0.717) is 23.5 Å². The van der Waals surface area contributed by atoms with Crippen LogP contribution in [0.1, 0.15) is 86.1 Å². The number of methoxy groups -OCH3 is 2. The lowest BCUT2D eigenvalue weighted by atomic mass is 9.97. The van der Waals surface area contributed by atoms with E-state index >= 15 is 0 Å². The summed E-state index contributed by atoms with van der Waals surface area (Å²) in [5.74, 6) is 0.531. The summed E-state index contributed by atoms with van der Waals surface area (Å²) in [7, 11) is 3.30. The zero-order valence-electron chi connectivity index (χ0n) is 26.6. The molecular weight excluding hydrogens is 570 g/mol. The number of amides is 2. The minimum Gasteiger partial charge on any atom is -0.482 e. The molecule has 0 radical (unpaired) electrons. The number of pyridine rings is 2. The van der Waals surface area contributed by atoms with E-state index in [1.165, 1.54) is 0 Å². The molecule has 3 aliphatic heterocycles. The summed E-state index contributed by atoms with van der Waals surface area (Å²) in [5.41, 5.74) is 12.0. The van der Waals surface area contributed by atoms with Crippen molar-refractivity contribution in [3.05, 3.63) is 47.3 Å². The van der Waals surface area contributed by atoms with Gasteiger partial charge in [0.2, 0.25) is 5.91 Å². The van der Waals surface area contributed by atoms with Gasteiger partial charge in [-0.25, -0.2) is 9.97 Å². The molecule has 2 amide bonds. The van der Waals surface area contributed by atoms with E-state index < -0.39 is 0 Å². The summed E-state index contributed by atoms with van der Waals surface area (Å²) in [5, 5.41) is 4.12. The van der Waals surface area contributed by atoms with Crippen molar-refractivity contribution in [3.63, 3.8) is 0 Å². The molecule has 0 unspecified atom stereocenters. The van der Waals surface area contributed by atoms with E-state index in [1.807, 2.05) is 41.3 Å². The predicted octanol–water partition coefficient (Wildman–Crippen LogP) is 4.53. The Balaban J connectivity index is 1.30. The highest BCUT2D eigenvalue weighted by atomic mass is 16.5. The molecule has 7 rings (SSSR count). The third-order valence-corrected chi connectivity index (χ3v) is 10.2. The summed E-state index contributed by atoms with van der Waals surface area (Å²) < 4.78 is 15.7. The van der Waals surface area contributed by atoms with Crippen molar-refractivity contribution in [2.24, 2.45) is 5.73 Å². The lowest BCUT2D eigenvalue weighted by molar-refractivity contribution is -0.124. The normalized spacial score (nSPS) is 25.7. The number of aromatic nitrogens is 4. The molecule has 4 aromatic heterocycles. The van der Waals surface area contributed by atoms with E-state index in [0.717, 1.165) is 85.3 Å². The van der Waals surface area contributed by atoms with Gasteiger partial charge in [-0.1, -0.05) is 12.8 Å². The molecule has 2 saturated heterocycles. The van der Waals surface area contributed by atoms with Crippen LogP contribution in [0.15, 0.2) is 30.3 Å². The SMILES string of the molecule is COc1cc(C(=O)N2[C@H]3CC[C@@H]2[C@H](N)C3)cc2nc(-c3cc4ccc5nc4n3CCCCC[C@@H](OC)CC(=O)N[C@@H]5C)c(C)n12. The average molecular weight is 614 g/mol. The first-order chi connectivity index (χ1) is 21.8. The minimum atomic E-state index is -0.244. The zero-order valence-corrected chi connectivity index (χ0v) is 26.6. The first-order valence-corrected chi connectivity index (χ1v) is 16.3. The number of fused-ring (bicyclic) bond motifs is 4. The van der Waals surface area contributed by atoms with Gasteiger partial charge in [-0.15, -0.1) is 0 Å². The lowest BCUT2D eigenvalue weighted by Crippen LogP contribution is -2.40. The number of nitrogens with two attached hydrogens (primary N) is 1. The smallest absolute Gasteiger partial charge is 0.254 e. The highest BCUT2D eigenvalue weighted by Crippen LogP contribution is 2.39. The van der Waals surface area contributed by atoms with Crippen LogP contribution in [0.5, 0.6) is 5.88 Å². The number of nitrogens with zero attached hydrogens (tertiary/aromatic N) is 5. The number of hydrogen-bond acceptors (Lipinski definition) is 7. The van der Waals surface area contributed by atoms with Gasteiger partial charge >= 0.3 is 0 Å². The highest BCUT2D eigenvalue weighted by molar-refractivity contribution is 5.97. The molecule has 0 saturated carbocycles. The van der Waals surface area contributed by atoms with Crippen LogP contribution in [-0.2, 0) is 16.1 Å². The molecular formula is C34H43N7O4. The summed E-state index contributed by atoms with van der Waals surface area (Å²) in [6, 6.07) is 10.00. The maximum Gasteiger partial charge on any atom is 0.254 e. The minimum absolute atomic E-state index is 0.00521. The largest absolute Gasteiger partial charge is 0.482 e. The Labute approximate surface area is 263 Å². The second-order valence-corrected chi connectivity index (χ2v) is 13.0.